The van der Waals surface area contributed by atoms with E-state index >= 15 is 0 Å². The van der Waals surface area contributed by atoms with Crippen LogP contribution in [-0.2, 0) is 4.74 Å². The SMILES string of the molecule is COC1=CC2N=NN=C2C=C1. The molecule has 0 aromatic rings. The lowest BCUT2D eigenvalue weighted by Gasteiger charge is -2.08. The maximum Gasteiger partial charge on any atom is 0.139 e. The Hall–Kier alpha value is -1.45. The molecule has 0 N–H and O–H groups in total. The summed E-state index contributed by atoms with van der Waals surface area (Å²) < 4.78 is 5.02. The van der Waals surface area contributed by atoms with Gasteiger partial charge in [-0.1, -0.05) is 0 Å². The topological polar surface area (TPSA) is 46.3 Å². The zero-order valence-corrected chi connectivity index (χ0v) is 6.06. The summed E-state index contributed by atoms with van der Waals surface area (Å²) >= 11 is 0. The van der Waals surface area contributed by atoms with Crippen LogP contribution in [0.5, 0.6) is 0 Å². The van der Waals surface area contributed by atoms with Crippen molar-refractivity contribution in [3.8, 4) is 0 Å². The molecule has 0 spiro atoms. The third-order valence-electron chi connectivity index (χ3n) is 1.62. The van der Waals surface area contributed by atoms with E-state index in [0.29, 0.717) is 0 Å². The summed E-state index contributed by atoms with van der Waals surface area (Å²) in [6.07, 6.45) is 5.60. The van der Waals surface area contributed by atoms with Crippen LogP contribution in [-0.4, -0.2) is 18.9 Å². The number of hydrogen-bond acceptors (Lipinski definition) is 4. The lowest BCUT2D eigenvalue weighted by molar-refractivity contribution is 0.304. The van der Waals surface area contributed by atoms with Crippen LogP contribution in [0.3, 0.4) is 0 Å². The van der Waals surface area contributed by atoms with Gasteiger partial charge in [-0.2, -0.15) is 5.11 Å². The fourth-order valence-electron chi connectivity index (χ4n) is 1.02. The van der Waals surface area contributed by atoms with Crippen molar-refractivity contribution in [3.63, 3.8) is 0 Å². The molecule has 4 nitrogen and oxygen atoms in total. The molecular formula is C7H7N3O. The third-order valence-corrected chi connectivity index (χ3v) is 1.62. The molecule has 0 aromatic carbocycles. The Labute approximate surface area is 64.0 Å². The summed E-state index contributed by atoms with van der Waals surface area (Å²) in [7, 11) is 1.63. The monoisotopic (exact) mass is 149 g/mol. The summed E-state index contributed by atoms with van der Waals surface area (Å²) in [5.74, 6) is 0.815. The second-order valence-corrected chi connectivity index (χ2v) is 2.28. The summed E-state index contributed by atoms with van der Waals surface area (Å²) in [5, 5.41) is 11.2. The lowest BCUT2D eigenvalue weighted by Crippen LogP contribution is -2.14. The van der Waals surface area contributed by atoms with Crippen LogP contribution >= 0.6 is 0 Å². The van der Waals surface area contributed by atoms with E-state index in [1.807, 2.05) is 18.2 Å². The van der Waals surface area contributed by atoms with Gasteiger partial charge in [0.15, 0.2) is 0 Å². The highest BCUT2D eigenvalue weighted by Gasteiger charge is 2.19. The Morgan fingerprint density at radius 1 is 1.45 bits per heavy atom. The highest BCUT2D eigenvalue weighted by atomic mass is 16.5. The first-order valence-corrected chi connectivity index (χ1v) is 3.32. The van der Waals surface area contributed by atoms with Crippen LogP contribution in [0.1, 0.15) is 0 Å². The molecule has 1 aliphatic heterocycles. The summed E-state index contributed by atoms with van der Waals surface area (Å²) in [5.41, 5.74) is 0.880. The molecule has 0 aromatic heterocycles. The molecule has 1 aliphatic carbocycles. The molecule has 0 saturated heterocycles. The van der Waals surface area contributed by atoms with Gasteiger partial charge in [0.1, 0.15) is 11.8 Å². The molecule has 0 bridgehead atoms. The van der Waals surface area contributed by atoms with Crippen LogP contribution in [0, 0.1) is 0 Å². The van der Waals surface area contributed by atoms with E-state index in [9.17, 15) is 0 Å². The number of methoxy groups -OCH3 is 1. The molecule has 2 rings (SSSR count). The average molecular weight is 149 g/mol. The molecule has 4 heteroatoms. The number of nitrogens with zero attached hydrogens (tertiary/aromatic N) is 3. The Balaban J connectivity index is 2.29. The van der Waals surface area contributed by atoms with Gasteiger partial charge >= 0.3 is 0 Å². The second-order valence-electron chi connectivity index (χ2n) is 2.28. The number of hydrogen-bond donors (Lipinski definition) is 0. The van der Waals surface area contributed by atoms with Crippen LogP contribution in [0.15, 0.2) is 39.4 Å². The summed E-state index contributed by atoms with van der Waals surface area (Å²) in [6, 6.07) is -0.0186. The highest BCUT2D eigenvalue weighted by Crippen LogP contribution is 2.16. The van der Waals surface area contributed by atoms with Crippen molar-refractivity contribution in [2.45, 2.75) is 6.04 Å². The maximum atomic E-state index is 5.02. The lowest BCUT2D eigenvalue weighted by atomic mass is 10.1. The van der Waals surface area contributed by atoms with E-state index in [2.05, 4.69) is 15.4 Å². The minimum absolute atomic E-state index is 0.0186. The van der Waals surface area contributed by atoms with Gasteiger partial charge in [0.2, 0.25) is 0 Å². The van der Waals surface area contributed by atoms with E-state index in [0.717, 1.165) is 11.5 Å². The number of rotatable bonds is 1. The molecule has 1 heterocycles. The predicted molar refractivity (Wildman–Crippen MR) is 40.3 cm³/mol. The number of ether oxygens (including phenoxy) is 1. The van der Waals surface area contributed by atoms with Gasteiger partial charge in [0, 0.05) is 0 Å². The molecule has 56 valence electrons. The first kappa shape index (κ1) is 6.27. The summed E-state index contributed by atoms with van der Waals surface area (Å²) in [6.45, 7) is 0. The minimum atomic E-state index is -0.0186. The van der Waals surface area contributed by atoms with Crippen LogP contribution in [0.2, 0.25) is 0 Å². The van der Waals surface area contributed by atoms with Crippen LogP contribution in [0.4, 0.5) is 0 Å². The van der Waals surface area contributed by atoms with Crippen molar-refractivity contribution < 1.29 is 4.74 Å². The molecule has 0 saturated carbocycles. The van der Waals surface area contributed by atoms with Crippen molar-refractivity contribution >= 4 is 5.71 Å². The molecule has 11 heavy (non-hydrogen) atoms. The Morgan fingerprint density at radius 3 is 3.18 bits per heavy atom. The zero-order chi connectivity index (χ0) is 7.68. The largest absolute Gasteiger partial charge is 0.497 e. The quantitative estimate of drug-likeness (QED) is 0.553. The molecule has 2 aliphatic rings. The Kier molecular flexibility index (Phi) is 1.31. The number of fused-ring (bicyclic) bond motifs is 1. The number of allylic oxidation sites excluding steroid dienone is 1. The fraction of sp³-hybridized carbons (Fsp3) is 0.286. The second kappa shape index (κ2) is 2.30. The van der Waals surface area contributed by atoms with Crippen molar-refractivity contribution in [1.82, 2.24) is 0 Å². The zero-order valence-electron chi connectivity index (χ0n) is 6.06. The molecular weight excluding hydrogens is 142 g/mol. The minimum Gasteiger partial charge on any atom is -0.497 e. The van der Waals surface area contributed by atoms with Gasteiger partial charge in [0.05, 0.1) is 12.8 Å². The first-order valence-electron chi connectivity index (χ1n) is 3.32. The van der Waals surface area contributed by atoms with Gasteiger partial charge in [-0.15, -0.1) is 5.10 Å². The molecule has 1 atom stereocenters. The molecule has 1 unspecified atom stereocenters. The summed E-state index contributed by atoms with van der Waals surface area (Å²) in [4.78, 5) is 0. The van der Waals surface area contributed by atoms with Gasteiger partial charge in [-0.05, 0) is 23.5 Å². The first-order chi connectivity index (χ1) is 5.40. The smallest absolute Gasteiger partial charge is 0.139 e. The van der Waals surface area contributed by atoms with Gasteiger partial charge in [0.25, 0.3) is 0 Å². The van der Waals surface area contributed by atoms with Gasteiger partial charge in [-0.3, -0.25) is 0 Å². The van der Waals surface area contributed by atoms with Crippen LogP contribution in [0.25, 0.3) is 0 Å². The van der Waals surface area contributed by atoms with Gasteiger partial charge in [-0.25, -0.2) is 0 Å². The average Bonchev–Trinajstić information content (AvgIpc) is 2.50. The highest BCUT2D eigenvalue weighted by molar-refractivity contribution is 6.02. The van der Waals surface area contributed by atoms with E-state index in [-0.39, 0.29) is 6.04 Å². The van der Waals surface area contributed by atoms with Crippen LogP contribution < -0.4 is 0 Å². The predicted octanol–water partition coefficient (Wildman–Crippen LogP) is 1.28. The molecule has 0 radical (unpaired) electrons. The Morgan fingerprint density at radius 2 is 2.36 bits per heavy atom. The molecule has 0 amide bonds. The normalized spacial score (nSPS) is 26.1. The van der Waals surface area contributed by atoms with E-state index < -0.39 is 0 Å². The van der Waals surface area contributed by atoms with Gasteiger partial charge < -0.3 is 4.74 Å². The van der Waals surface area contributed by atoms with Crippen molar-refractivity contribution in [2.75, 3.05) is 7.11 Å². The molecule has 0 fully saturated rings. The van der Waals surface area contributed by atoms with Crippen molar-refractivity contribution in [2.24, 2.45) is 15.4 Å². The Bertz CT molecular complexity index is 288. The van der Waals surface area contributed by atoms with Crippen molar-refractivity contribution in [3.05, 3.63) is 24.0 Å². The fourth-order valence-corrected chi connectivity index (χ4v) is 1.02. The third kappa shape index (κ3) is 0.960. The van der Waals surface area contributed by atoms with Crippen molar-refractivity contribution in [1.29, 1.82) is 0 Å². The maximum absolute atomic E-state index is 5.02. The van der Waals surface area contributed by atoms with E-state index in [1.54, 1.807) is 7.11 Å². The standard InChI is InChI=1S/C7H7N3O/c1-11-5-2-3-6-7(4-5)9-10-8-6/h2-4,7H,1H3. The van der Waals surface area contributed by atoms with E-state index in [1.165, 1.54) is 0 Å². The van der Waals surface area contributed by atoms with E-state index in [4.69, 9.17) is 4.74 Å².